The Balaban J connectivity index is 2.04. The van der Waals surface area contributed by atoms with Crippen molar-refractivity contribution >= 4 is 0 Å². The maximum absolute atomic E-state index is 6.03. The minimum absolute atomic E-state index is 0.130. The Kier molecular flexibility index (Phi) is 6.15. The molecule has 1 heterocycles. The smallest absolute Gasteiger partial charge is 0.0959 e. The van der Waals surface area contributed by atoms with Gasteiger partial charge in [0.15, 0.2) is 0 Å². The van der Waals surface area contributed by atoms with Gasteiger partial charge in [-0.25, -0.2) is 0 Å². The lowest BCUT2D eigenvalue weighted by molar-refractivity contribution is -0.0978. The Morgan fingerprint density at radius 3 is 2.79 bits per heavy atom. The zero-order valence-electron chi connectivity index (χ0n) is 9.21. The summed E-state index contributed by atoms with van der Waals surface area (Å²) in [7, 11) is 0. The number of hydrogen-bond donors (Lipinski definition) is 1. The molecule has 1 saturated heterocycles. The van der Waals surface area contributed by atoms with Crippen LogP contribution >= 0.6 is 0 Å². The number of hydrogen-bond acceptors (Lipinski definition) is 3. The van der Waals surface area contributed by atoms with Crippen LogP contribution in [0.3, 0.4) is 0 Å². The molecule has 3 heteroatoms. The van der Waals surface area contributed by atoms with Gasteiger partial charge in [-0.3, -0.25) is 0 Å². The summed E-state index contributed by atoms with van der Waals surface area (Å²) in [5, 5.41) is 0. The summed E-state index contributed by atoms with van der Waals surface area (Å²) in [4.78, 5) is 0. The van der Waals surface area contributed by atoms with Gasteiger partial charge in [-0.15, -0.1) is 0 Å². The quantitative estimate of drug-likeness (QED) is 0.665. The monoisotopic (exact) mass is 201 g/mol. The molecule has 2 N–H and O–H groups in total. The van der Waals surface area contributed by atoms with Gasteiger partial charge in [0.25, 0.3) is 0 Å². The predicted octanol–water partition coefficient (Wildman–Crippen LogP) is 1.70. The fraction of sp³-hybridized carbons (Fsp3) is 1.00. The molecular weight excluding hydrogens is 178 g/mol. The molecule has 1 aliphatic heterocycles. The van der Waals surface area contributed by atoms with E-state index in [1.165, 1.54) is 25.7 Å². The standard InChI is InChI=1S/C11H23NO2/c1-2-3-4-5-6-10(12)11-9-13-7-8-14-11/h10-11H,2-9,12H2,1H3. The van der Waals surface area contributed by atoms with E-state index in [2.05, 4.69) is 6.92 Å². The van der Waals surface area contributed by atoms with Gasteiger partial charge < -0.3 is 15.2 Å². The molecule has 14 heavy (non-hydrogen) atoms. The summed E-state index contributed by atoms with van der Waals surface area (Å²) in [6.45, 7) is 4.32. The van der Waals surface area contributed by atoms with E-state index in [0.29, 0.717) is 13.2 Å². The van der Waals surface area contributed by atoms with E-state index in [-0.39, 0.29) is 12.1 Å². The van der Waals surface area contributed by atoms with E-state index >= 15 is 0 Å². The average Bonchev–Trinajstić information content (AvgIpc) is 2.25. The van der Waals surface area contributed by atoms with Crippen LogP contribution in [-0.2, 0) is 9.47 Å². The second kappa shape index (κ2) is 7.21. The molecule has 2 unspecified atom stereocenters. The third kappa shape index (κ3) is 4.40. The molecule has 84 valence electrons. The third-order valence-electron chi connectivity index (χ3n) is 2.71. The number of ether oxygens (including phenoxy) is 2. The van der Waals surface area contributed by atoms with Crippen molar-refractivity contribution < 1.29 is 9.47 Å². The van der Waals surface area contributed by atoms with Crippen molar-refractivity contribution in [1.82, 2.24) is 0 Å². The van der Waals surface area contributed by atoms with Gasteiger partial charge in [-0.1, -0.05) is 32.6 Å². The highest BCUT2D eigenvalue weighted by atomic mass is 16.6. The maximum Gasteiger partial charge on any atom is 0.0959 e. The first kappa shape index (κ1) is 12.0. The van der Waals surface area contributed by atoms with Crippen molar-refractivity contribution in [2.75, 3.05) is 19.8 Å². The van der Waals surface area contributed by atoms with Gasteiger partial charge in [-0.2, -0.15) is 0 Å². The Labute approximate surface area is 86.9 Å². The first-order valence-electron chi connectivity index (χ1n) is 5.79. The zero-order valence-corrected chi connectivity index (χ0v) is 9.21. The van der Waals surface area contributed by atoms with Crippen LogP contribution in [0.5, 0.6) is 0 Å². The Morgan fingerprint density at radius 2 is 2.14 bits per heavy atom. The van der Waals surface area contributed by atoms with Crippen LogP contribution in [0.25, 0.3) is 0 Å². The van der Waals surface area contributed by atoms with Crippen molar-refractivity contribution in [3.05, 3.63) is 0 Å². The summed E-state index contributed by atoms with van der Waals surface area (Å²) in [6.07, 6.45) is 6.29. The number of nitrogens with two attached hydrogens (primary N) is 1. The third-order valence-corrected chi connectivity index (χ3v) is 2.71. The van der Waals surface area contributed by atoms with Gasteiger partial charge in [0.1, 0.15) is 0 Å². The summed E-state index contributed by atoms with van der Waals surface area (Å²) in [5.41, 5.74) is 6.03. The highest BCUT2D eigenvalue weighted by Gasteiger charge is 2.21. The van der Waals surface area contributed by atoms with Crippen LogP contribution in [0.4, 0.5) is 0 Å². The molecule has 0 saturated carbocycles. The number of unbranched alkanes of at least 4 members (excludes halogenated alkanes) is 3. The molecule has 1 fully saturated rings. The first-order valence-corrected chi connectivity index (χ1v) is 5.79. The summed E-state index contributed by atoms with van der Waals surface area (Å²) < 4.78 is 10.9. The molecule has 0 radical (unpaired) electrons. The van der Waals surface area contributed by atoms with Crippen molar-refractivity contribution in [2.24, 2.45) is 5.73 Å². The van der Waals surface area contributed by atoms with Gasteiger partial charge in [0.2, 0.25) is 0 Å². The molecule has 0 amide bonds. The molecule has 0 aliphatic carbocycles. The molecule has 0 aromatic rings. The lowest BCUT2D eigenvalue weighted by Crippen LogP contribution is -2.43. The van der Waals surface area contributed by atoms with E-state index in [9.17, 15) is 0 Å². The minimum atomic E-state index is 0.130. The van der Waals surface area contributed by atoms with Crippen LogP contribution < -0.4 is 5.73 Å². The lowest BCUT2D eigenvalue weighted by Gasteiger charge is -2.27. The maximum atomic E-state index is 6.03. The second-order valence-electron chi connectivity index (χ2n) is 4.00. The van der Waals surface area contributed by atoms with Gasteiger partial charge in [0, 0.05) is 6.04 Å². The number of rotatable bonds is 6. The van der Waals surface area contributed by atoms with Crippen LogP contribution in [-0.4, -0.2) is 32.0 Å². The topological polar surface area (TPSA) is 44.5 Å². The Morgan fingerprint density at radius 1 is 1.29 bits per heavy atom. The van der Waals surface area contributed by atoms with E-state index in [0.717, 1.165) is 13.0 Å². The SMILES string of the molecule is CCCCCCC(N)C1COCCO1. The van der Waals surface area contributed by atoms with E-state index in [1.54, 1.807) is 0 Å². The largest absolute Gasteiger partial charge is 0.376 e. The summed E-state index contributed by atoms with van der Waals surface area (Å²) in [5.74, 6) is 0. The minimum Gasteiger partial charge on any atom is -0.376 e. The normalized spacial score (nSPS) is 24.9. The summed E-state index contributed by atoms with van der Waals surface area (Å²) in [6, 6.07) is 0.159. The average molecular weight is 201 g/mol. The van der Waals surface area contributed by atoms with Crippen LogP contribution in [0.1, 0.15) is 39.0 Å². The molecule has 1 rings (SSSR count). The van der Waals surface area contributed by atoms with Gasteiger partial charge >= 0.3 is 0 Å². The highest BCUT2D eigenvalue weighted by molar-refractivity contribution is 4.75. The van der Waals surface area contributed by atoms with Crippen LogP contribution in [0, 0.1) is 0 Å². The van der Waals surface area contributed by atoms with Crippen LogP contribution in [0.15, 0.2) is 0 Å². The lowest BCUT2D eigenvalue weighted by atomic mass is 10.0. The van der Waals surface area contributed by atoms with Crippen molar-refractivity contribution in [3.8, 4) is 0 Å². The molecule has 0 spiro atoms. The summed E-state index contributed by atoms with van der Waals surface area (Å²) >= 11 is 0. The molecular formula is C11H23NO2. The van der Waals surface area contributed by atoms with Gasteiger partial charge in [-0.05, 0) is 6.42 Å². The molecule has 3 nitrogen and oxygen atoms in total. The van der Waals surface area contributed by atoms with Crippen molar-refractivity contribution in [2.45, 2.75) is 51.2 Å². The zero-order chi connectivity index (χ0) is 10.2. The second-order valence-corrected chi connectivity index (χ2v) is 4.00. The highest BCUT2D eigenvalue weighted by Crippen LogP contribution is 2.11. The van der Waals surface area contributed by atoms with E-state index in [4.69, 9.17) is 15.2 Å². The fourth-order valence-corrected chi connectivity index (χ4v) is 1.75. The predicted molar refractivity (Wildman–Crippen MR) is 57.3 cm³/mol. The van der Waals surface area contributed by atoms with Crippen LogP contribution in [0.2, 0.25) is 0 Å². The van der Waals surface area contributed by atoms with E-state index in [1.807, 2.05) is 0 Å². The molecule has 2 atom stereocenters. The van der Waals surface area contributed by atoms with Crippen molar-refractivity contribution in [3.63, 3.8) is 0 Å². The molecule has 1 aliphatic rings. The van der Waals surface area contributed by atoms with Gasteiger partial charge in [0.05, 0.1) is 25.9 Å². The first-order chi connectivity index (χ1) is 6.84. The Hall–Kier alpha value is -0.120. The Bertz CT molecular complexity index is 135. The fourth-order valence-electron chi connectivity index (χ4n) is 1.75. The van der Waals surface area contributed by atoms with Crippen molar-refractivity contribution in [1.29, 1.82) is 0 Å². The molecule has 0 aromatic carbocycles. The van der Waals surface area contributed by atoms with E-state index < -0.39 is 0 Å². The molecule has 0 bridgehead atoms. The molecule has 0 aromatic heterocycles.